The fraction of sp³-hybridized carbons (Fsp3) is 0.726. The summed E-state index contributed by atoms with van der Waals surface area (Å²) in [6.07, 6.45) is 0.576. The van der Waals surface area contributed by atoms with Crippen molar-refractivity contribution >= 4 is 100 Å². The fourth-order valence-corrected chi connectivity index (χ4v) is 27.5. The van der Waals surface area contributed by atoms with Crippen LogP contribution < -0.4 is 0 Å². The van der Waals surface area contributed by atoms with E-state index in [4.69, 9.17) is 37.9 Å². The number of quaternary nitrogens is 1. The zero-order valence-corrected chi connectivity index (χ0v) is 80.9. The Labute approximate surface area is 786 Å². The Kier molecular flexibility index (Phi) is 34.7. The van der Waals surface area contributed by atoms with Crippen LogP contribution >= 0.6 is 0 Å². The molecule has 14 unspecified atom stereocenters. The minimum Gasteiger partial charge on any atom is -0.743 e. The first-order valence-electron chi connectivity index (χ1n) is 45.4. The molecule has 0 spiro atoms. The summed E-state index contributed by atoms with van der Waals surface area (Å²) in [6, 6.07) is 29.0. The van der Waals surface area contributed by atoms with Crippen LogP contribution in [0.25, 0.3) is 0 Å². The number of carbonyl (C=O) groups excluding carboxylic acids is 8. The number of ether oxygens (including phenoxy) is 10. The van der Waals surface area contributed by atoms with Crippen molar-refractivity contribution in [1.82, 2.24) is 0 Å². The number of halogens is 4. The second-order valence-electron chi connectivity index (χ2n) is 41.1. The molecule has 4 saturated heterocycles. The normalized spacial score (nSPS) is 32.2. The van der Waals surface area contributed by atoms with Crippen molar-refractivity contribution in [2.45, 2.75) is 272 Å². The average molecular weight is 1980 g/mol. The Hall–Kier alpha value is -6.59. The molecule has 12 bridgehead atoms. The van der Waals surface area contributed by atoms with E-state index in [0.29, 0.717) is 72.2 Å². The fourth-order valence-electron chi connectivity index (χ4n) is 22.9. The standard InChI is InChI=1S/2C27H34F2O11S.2C14H21OS.C10H16N.CH4O4S.2CH4/c2*1-11(27(28,29)41(34,35)36)37-18(30)3-4-19(31)38-22-17-10-16-20(24(32)39-23(16)22)21(17)25(33)40-26(2)14-6-12-5-13(8-14)9-15(26)7-12;2*1-14(2,3)12-4-6-13(7-5-12)16-10-8-15-9-11-16;1-11(2,3)9-10-7-5-4-6-8-10;1-5-6(2,3)4;;/h2*11-17,20-23H,3-10H2,1-2H3,(H,34,35,36);2*4-7H,8-11H2,1-3H3;4-8H,9H2,1-3H3;1H3,(H,2,3,4);2*1H4/q;;3*+1;;;/p-3. The van der Waals surface area contributed by atoms with Gasteiger partial charge in [0.15, 0.2) is 42.2 Å². The van der Waals surface area contributed by atoms with E-state index in [1.807, 2.05) is 13.8 Å². The van der Waals surface area contributed by atoms with Crippen LogP contribution in [0.5, 0.6) is 0 Å². The van der Waals surface area contributed by atoms with Crippen LogP contribution in [0.4, 0.5) is 17.6 Å². The Morgan fingerprint density at radius 3 is 1.05 bits per heavy atom. The molecule has 16 fully saturated rings. The summed E-state index contributed by atoms with van der Waals surface area (Å²) in [7, 11) is -8.28. The van der Waals surface area contributed by atoms with Crippen molar-refractivity contribution in [3.63, 3.8) is 0 Å². The molecular formula is C95H135F4NO28S5. The second kappa shape index (κ2) is 42.6. The topological polar surface area (TPSA) is 410 Å². The van der Waals surface area contributed by atoms with Crippen LogP contribution in [0, 0.1) is 94.7 Å². The molecule has 4 heterocycles. The van der Waals surface area contributed by atoms with Gasteiger partial charge in [-0.3, -0.25) is 42.5 Å². The Balaban J connectivity index is 0.000000183. The number of carbonyl (C=O) groups is 8. The maximum absolute atomic E-state index is 13.7. The predicted molar refractivity (Wildman–Crippen MR) is 480 cm³/mol. The Morgan fingerprint density at radius 2 is 0.774 bits per heavy atom. The molecule has 3 aromatic rings. The highest BCUT2D eigenvalue weighted by atomic mass is 32.3. The lowest BCUT2D eigenvalue weighted by molar-refractivity contribution is -0.884. The molecule has 0 N–H and O–H groups in total. The van der Waals surface area contributed by atoms with Gasteiger partial charge in [0, 0.05) is 51.0 Å². The molecule has 3 aromatic carbocycles. The van der Waals surface area contributed by atoms with Gasteiger partial charge in [-0.15, -0.1) is 0 Å². The summed E-state index contributed by atoms with van der Waals surface area (Å²) in [5, 5.41) is -9.68. The van der Waals surface area contributed by atoms with Crippen molar-refractivity contribution in [2.75, 3.05) is 77.7 Å². The minimum absolute atomic E-state index is 0. The lowest BCUT2D eigenvalue weighted by Gasteiger charge is -2.59. The third kappa shape index (κ3) is 25.2. The van der Waals surface area contributed by atoms with Gasteiger partial charge in [-0.25, -0.2) is 25.3 Å². The van der Waals surface area contributed by atoms with Crippen LogP contribution in [0.1, 0.15) is 204 Å². The zero-order valence-electron chi connectivity index (χ0n) is 76.8. The number of nitrogens with zero attached hydrogens (tertiary/aromatic N) is 1. The first kappa shape index (κ1) is 108. The van der Waals surface area contributed by atoms with Crippen molar-refractivity contribution < 1.29 is 151 Å². The van der Waals surface area contributed by atoms with Gasteiger partial charge in [0.1, 0.15) is 65.2 Å². The first-order chi connectivity index (χ1) is 61.0. The molecule has 12 aliphatic carbocycles. The van der Waals surface area contributed by atoms with Crippen molar-refractivity contribution in [2.24, 2.45) is 94.7 Å². The van der Waals surface area contributed by atoms with E-state index in [0.717, 1.165) is 95.9 Å². The highest BCUT2D eigenvalue weighted by Crippen LogP contribution is 2.65. The highest BCUT2D eigenvalue weighted by molar-refractivity contribution is 7.97. The molecule has 0 aromatic heterocycles. The van der Waals surface area contributed by atoms with E-state index in [1.165, 1.54) is 62.3 Å². The number of benzene rings is 3. The number of hydrogen-bond acceptors (Lipinski definition) is 28. The number of esters is 8. The van der Waals surface area contributed by atoms with Crippen LogP contribution in [-0.2, 0) is 160 Å². The van der Waals surface area contributed by atoms with Gasteiger partial charge >= 0.3 is 58.3 Å². The number of hydrogen-bond donors (Lipinski definition) is 0. The van der Waals surface area contributed by atoms with Gasteiger partial charge in [0.05, 0.1) is 104 Å². The van der Waals surface area contributed by atoms with E-state index in [2.05, 4.69) is 155 Å². The summed E-state index contributed by atoms with van der Waals surface area (Å²) in [5.74, 6) is -2.39. The first-order valence-corrected chi connectivity index (χ1v) is 52.6. The van der Waals surface area contributed by atoms with E-state index < -0.39 is 198 Å². The summed E-state index contributed by atoms with van der Waals surface area (Å²) in [5.41, 5.74) is 3.58. The molecule has 4 aliphatic heterocycles. The van der Waals surface area contributed by atoms with Crippen molar-refractivity contribution in [1.29, 1.82) is 0 Å². The van der Waals surface area contributed by atoms with E-state index >= 15 is 0 Å². The maximum Gasteiger partial charge on any atom is 0.369 e. The van der Waals surface area contributed by atoms with Gasteiger partial charge in [-0.2, -0.15) is 17.6 Å². The summed E-state index contributed by atoms with van der Waals surface area (Å²) >= 11 is 0. The van der Waals surface area contributed by atoms with E-state index in [-0.39, 0.29) is 61.2 Å². The summed E-state index contributed by atoms with van der Waals surface area (Å²) < 4.78 is 205. The molecule has 19 rings (SSSR count). The van der Waals surface area contributed by atoms with Gasteiger partial charge in [0.2, 0.25) is 10.4 Å². The minimum atomic E-state index is -6.07. The quantitative estimate of drug-likeness (QED) is 0.0162. The van der Waals surface area contributed by atoms with Gasteiger partial charge in [-0.1, -0.05) is 111 Å². The molecule has 29 nitrogen and oxygen atoms in total. The van der Waals surface area contributed by atoms with Crippen LogP contribution in [0.3, 0.4) is 0 Å². The van der Waals surface area contributed by atoms with Gasteiger partial charge in [-0.05, 0) is 198 Å². The number of alkyl halides is 4. The molecule has 14 atom stereocenters. The number of rotatable bonds is 23. The van der Waals surface area contributed by atoms with Crippen LogP contribution in [0.15, 0.2) is 88.7 Å². The van der Waals surface area contributed by atoms with Crippen LogP contribution in [-0.4, -0.2) is 227 Å². The molecule has 133 heavy (non-hydrogen) atoms. The van der Waals surface area contributed by atoms with E-state index in [9.17, 15) is 94.8 Å². The van der Waals surface area contributed by atoms with Gasteiger partial charge < -0.3 is 65.5 Å². The Bertz CT molecular complexity index is 4620. The molecular weight excluding hydrogens is 1840 g/mol. The third-order valence-corrected chi connectivity index (χ3v) is 36.3. The maximum atomic E-state index is 13.7. The molecule has 16 aliphatic rings. The SMILES string of the molecule is C.C.CC(C)(C)c1ccc([S+]2CCOCC2)cc1.CC(C)(C)c1ccc([S+]2CCOCC2)cc1.CC(OC(=O)CCC(=O)OC1C2CC3C1OC(=O)C3C2C(=O)OC1(C)C2CC3CC(C2)CC1C3)C(F)(F)S(=O)(=O)[O-].CC(OC(=O)CCC(=O)OC1C2CC3C1OC(=O)C3C2C(=O)OC1(C)C2CC3CC(C2)CC1C3)C(F)(F)S(=O)(=O)[O-].COS(=O)(=O)[O-].C[N+](C)(C)Cc1ccccc1. The zero-order chi connectivity index (χ0) is 96.0. The lowest BCUT2D eigenvalue weighted by Crippen LogP contribution is -2.59. The molecule has 0 amide bonds. The second-order valence-corrected chi connectivity index (χ2v) is 49.7. The lowest BCUT2D eigenvalue weighted by atomic mass is 9.50. The Morgan fingerprint density at radius 1 is 0.474 bits per heavy atom. The van der Waals surface area contributed by atoms with Gasteiger partial charge in [0.25, 0.3) is 0 Å². The predicted octanol–water partition coefficient (Wildman–Crippen LogP) is 12.9. The van der Waals surface area contributed by atoms with Crippen molar-refractivity contribution in [3.8, 4) is 0 Å². The molecule has 12 saturated carbocycles. The third-order valence-electron chi connectivity index (χ3n) is 29.3. The highest BCUT2D eigenvalue weighted by Gasteiger charge is 2.73. The van der Waals surface area contributed by atoms with Crippen molar-refractivity contribution in [3.05, 3.63) is 95.6 Å². The number of fused-ring (bicyclic) bond motifs is 2. The largest absolute Gasteiger partial charge is 0.743 e. The summed E-state index contributed by atoms with van der Waals surface area (Å²) in [4.78, 5) is 105. The molecule has 746 valence electrons. The average Bonchev–Trinajstić information content (AvgIpc) is 1.53. The monoisotopic (exact) mass is 1970 g/mol. The summed E-state index contributed by atoms with van der Waals surface area (Å²) in [6.45, 7) is 23.5. The smallest absolute Gasteiger partial charge is 0.369 e. The van der Waals surface area contributed by atoms with E-state index in [1.54, 1.807) is 0 Å². The molecule has 0 radical (unpaired) electrons. The molecule has 38 heteroatoms. The van der Waals surface area contributed by atoms with Crippen LogP contribution in [0.2, 0.25) is 0 Å².